The van der Waals surface area contributed by atoms with E-state index in [1.807, 2.05) is 0 Å². The third-order valence-electron chi connectivity index (χ3n) is 4.82. The summed E-state index contributed by atoms with van der Waals surface area (Å²) >= 11 is 0. The number of aryl methyl sites for hydroxylation is 1. The molecule has 2 aromatic rings. The van der Waals surface area contributed by atoms with Gasteiger partial charge in [0, 0.05) is 12.6 Å². The van der Waals surface area contributed by atoms with Crippen LogP contribution in [0.15, 0.2) is 42.5 Å². The average Bonchev–Trinajstić information content (AvgIpc) is 3.05. The predicted octanol–water partition coefficient (Wildman–Crippen LogP) is 4.10. The molecule has 23 heavy (non-hydrogen) atoms. The number of fused-ring (bicyclic) bond motifs is 1. The minimum atomic E-state index is 0.479. The van der Waals surface area contributed by atoms with Gasteiger partial charge in [-0.25, -0.2) is 0 Å². The molecular weight excluding hydrogens is 286 g/mol. The third-order valence-corrected chi connectivity index (χ3v) is 4.82. The Hall–Kier alpha value is -2.00. The van der Waals surface area contributed by atoms with E-state index in [2.05, 4.69) is 54.3 Å². The summed E-state index contributed by atoms with van der Waals surface area (Å²) in [6.07, 6.45) is 2.47. The highest BCUT2D eigenvalue weighted by Gasteiger charge is 2.27. The number of hydrogen-bond donors (Lipinski definition) is 0. The van der Waals surface area contributed by atoms with Crippen LogP contribution in [-0.4, -0.2) is 24.7 Å². The Balaban J connectivity index is 1.54. The van der Waals surface area contributed by atoms with Crippen LogP contribution in [-0.2, 0) is 6.54 Å². The smallest absolute Gasteiger partial charge is 0.161 e. The summed E-state index contributed by atoms with van der Waals surface area (Å²) in [7, 11) is 0. The summed E-state index contributed by atoms with van der Waals surface area (Å²) in [5.41, 5.74) is 4.05. The molecule has 2 aliphatic rings. The molecule has 1 unspecified atom stereocenters. The van der Waals surface area contributed by atoms with Crippen LogP contribution in [0.25, 0.3) is 0 Å². The fourth-order valence-electron chi connectivity index (χ4n) is 3.59. The number of benzene rings is 2. The fraction of sp³-hybridized carbons (Fsp3) is 0.400. The van der Waals surface area contributed by atoms with Gasteiger partial charge < -0.3 is 9.47 Å². The molecule has 0 saturated carbocycles. The standard InChI is InChI=1S/C20H23NO2/c1-15-4-6-16(7-5-15)14-21-10-2-3-18(21)17-8-9-19-20(13-17)23-12-11-22-19/h4-9,13,18H,2-3,10-12,14H2,1H3. The number of rotatable bonds is 3. The second-order valence-corrected chi connectivity index (χ2v) is 6.52. The Morgan fingerprint density at radius 2 is 1.78 bits per heavy atom. The zero-order valence-electron chi connectivity index (χ0n) is 13.6. The number of hydrogen-bond acceptors (Lipinski definition) is 3. The summed E-state index contributed by atoms with van der Waals surface area (Å²) < 4.78 is 11.4. The van der Waals surface area contributed by atoms with E-state index in [1.54, 1.807) is 0 Å². The molecule has 120 valence electrons. The van der Waals surface area contributed by atoms with Gasteiger partial charge >= 0.3 is 0 Å². The van der Waals surface area contributed by atoms with Crippen LogP contribution < -0.4 is 9.47 Å². The second-order valence-electron chi connectivity index (χ2n) is 6.52. The van der Waals surface area contributed by atoms with Crippen molar-refractivity contribution in [2.75, 3.05) is 19.8 Å². The Kier molecular flexibility index (Phi) is 3.96. The van der Waals surface area contributed by atoms with E-state index in [4.69, 9.17) is 9.47 Å². The van der Waals surface area contributed by atoms with E-state index >= 15 is 0 Å². The maximum Gasteiger partial charge on any atom is 0.161 e. The molecule has 0 spiro atoms. The molecule has 0 aliphatic carbocycles. The monoisotopic (exact) mass is 309 g/mol. The van der Waals surface area contributed by atoms with Crippen molar-refractivity contribution in [1.82, 2.24) is 4.90 Å². The molecule has 0 bridgehead atoms. The first-order chi connectivity index (χ1) is 11.3. The maximum atomic E-state index is 5.75. The zero-order valence-corrected chi connectivity index (χ0v) is 13.6. The molecule has 0 N–H and O–H groups in total. The molecule has 2 aliphatic heterocycles. The SMILES string of the molecule is Cc1ccc(CN2CCCC2c2ccc3c(c2)OCCO3)cc1. The van der Waals surface area contributed by atoms with E-state index in [0.29, 0.717) is 19.3 Å². The Bertz CT molecular complexity index is 681. The third kappa shape index (κ3) is 3.06. The molecular formula is C20H23NO2. The number of nitrogens with zero attached hydrogens (tertiary/aromatic N) is 1. The van der Waals surface area contributed by atoms with Crippen molar-refractivity contribution in [2.45, 2.75) is 32.4 Å². The lowest BCUT2D eigenvalue weighted by molar-refractivity contribution is 0.170. The van der Waals surface area contributed by atoms with Crippen molar-refractivity contribution in [3.05, 3.63) is 59.2 Å². The van der Waals surface area contributed by atoms with Crippen LogP contribution in [0.3, 0.4) is 0 Å². The lowest BCUT2D eigenvalue weighted by Crippen LogP contribution is -2.23. The van der Waals surface area contributed by atoms with Crippen LogP contribution in [0.2, 0.25) is 0 Å². The average molecular weight is 309 g/mol. The van der Waals surface area contributed by atoms with Gasteiger partial charge in [0.1, 0.15) is 13.2 Å². The lowest BCUT2D eigenvalue weighted by atomic mass is 10.0. The summed E-state index contributed by atoms with van der Waals surface area (Å²) in [5.74, 6) is 1.78. The maximum absolute atomic E-state index is 5.75. The normalized spacial score (nSPS) is 20.7. The fourth-order valence-corrected chi connectivity index (χ4v) is 3.59. The van der Waals surface area contributed by atoms with Gasteiger partial charge in [0.15, 0.2) is 11.5 Å². The van der Waals surface area contributed by atoms with Gasteiger partial charge in [-0.15, -0.1) is 0 Å². The molecule has 3 heteroatoms. The van der Waals surface area contributed by atoms with Crippen LogP contribution in [0, 0.1) is 6.92 Å². The van der Waals surface area contributed by atoms with Crippen molar-refractivity contribution < 1.29 is 9.47 Å². The Morgan fingerprint density at radius 3 is 2.61 bits per heavy atom. The predicted molar refractivity (Wildman–Crippen MR) is 91.0 cm³/mol. The summed E-state index contributed by atoms with van der Waals surface area (Å²) in [4.78, 5) is 2.58. The van der Waals surface area contributed by atoms with Gasteiger partial charge in [0.2, 0.25) is 0 Å². The van der Waals surface area contributed by atoms with Crippen molar-refractivity contribution in [3.63, 3.8) is 0 Å². The van der Waals surface area contributed by atoms with Crippen molar-refractivity contribution in [2.24, 2.45) is 0 Å². The van der Waals surface area contributed by atoms with Crippen molar-refractivity contribution in [1.29, 1.82) is 0 Å². The molecule has 2 heterocycles. The molecule has 3 nitrogen and oxygen atoms in total. The molecule has 0 amide bonds. The number of ether oxygens (including phenoxy) is 2. The van der Waals surface area contributed by atoms with Gasteiger partial charge in [-0.1, -0.05) is 35.9 Å². The van der Waals surface area contributed by atoms with E-state index in [9.17, 15) is 0 Å². The van der Waals surface area contributed by atoms with Gasteiger partial charge in [-0.2, -0.15) is 0 Å². The second kappa shape index (κ2) is 6.25. The van der Waals surface area contributed by atoms with Crippen LogP contribution in [0.5, 0.6) is 11.5 Å². The summed E-state index contributed by atoms with van der Waals surface area (Å²) in [6.45, 7) is 5.60. The Morgan fingerprint density at radius 1 is 1.00 bits per heavy atom. The topological polar surface area (TPSA) is 21.7 Å². The molecule has 1 saturated heterocycles. The summed E-state index contributed by atoms with van der Waals surface area (Å²) in [5, 5.41) is 0. The Labute approximate surface area is 137 Å². The van der Waals surface area contributed by atoms with Gasteiger partial charge in [-0.05, 0) is 49.6 Å². The first kappa shape index (κ1) is 14.6. The molecule has 1 atom stereocenters. The largest absolute Gasteiger partial charge is 0.486 e. The molecule has 0 aromatic heterocycles. The highest BCUT2D eigenvalue weighted by Crippen LogP contribution is 2.38. The highest BCUT2D eigenvalue weighted by atomic mass is 16.6. The van der Waals surface area contributed by atoms with Crippen LogP contribution >= 0.6 is 0 Å². The highest BCUT2D eigenvalue weighted by molar-refractivity contribution is 5.44. The first-order valence-electron chi connectivity index (χ1n) is 8.49. The van der Waals surface area contributed by atoms with E-state index in [0.717, 1.165) is 24.6 Å². The molecule has 1 fully saturated rings. The molecule has 4 rings (SSSR count). The first-order valence-corrected chi connectivity index (χ1v) is 8.49. The van der Waals surface area contributed by atoms with Gasteiger partial charge in [0.25, 0.3) is 0 Å². The van der Waals surface area contributed by atoms with Gasteiger partial charge in [-0.3, -0.25) is 4.90 Å². The van der Waals surface area contributed by atoms with E-state index < -0.39 is 0 Å². The quantitative estimate of drug-likeness (QED) is 0.852. The van der Waals surface area contributed by atoms with Crippen LogP contribution in [0.1, 0.15) is 35.6 Å². The minimum Gasteiger partial charge on any atom is -0.486 e. The van der Waals surface area contributed by atoms with E-state index in [-0.39, 0.29) is 0 Å². The van der Waals surface area contributed by atoms with Crippen molar-refractivity contribution >= 4 is 0 Å². The number of likely N-dealkylation sites (tertiary alicyclic amines) is 1. The zero-order chi connectivity index (χ0) is 15.6. The van der Waals surface area contributed by atoms with Crippen LogP contribution in [0.4, 0.5) is 0 Å². The van der Waals surface area contributed by atoms with Crippen molar-refractivity contribution in [3.8, 4) is 11.5 Å². The minimum absolute atomic E-state index is 0.479. The lowest BCUT2D eigenvalue weighted by Gasteiger charge is -2.26. The van der Waals surface area contributed by atoms with E-state index in [1.165, 1.54) is 29.5 Å². The van der Waals surface area contributed by atoms with Gasteiger partial charge in [0.05, 0.1) is 0 Å². The summed E-state index contributed by atoms with van der Waals surface area (Å²) in [6, 6.07) is 15.8. The molecule has 0 radical (unpaired) electrons. The molecule has 2 aromatic carbocycles.